The maximum absolute atomic E-state index is 12.9. The summed E-state index contributed by atoms with van der Waals surface area (Å²) in [5, 5.41) is 14.3. The van der Waals surface area contributed by atoms with Gasteiger partial charge in [-0.2, -0.15) is 0 Å². The van der Waals surface area contributed by atoms with Crippen LogP contribution in [0.4, 0.5) is 0 Å². The van der Waals surface area contributed by atoms with Gasteiger partial charge in [-0.15, -0.1) is 0 Å². The van der Waals surface area contributed by atoms with E-state index in [1.807, 2.05) is 24.3 Å². The van der Waals surface area contributed by atoms with Crippen molar-refractivity contribution < 1.29 is 9.90 Å². The average Bonchev–Trinajstić information content (AvgIpc) is 2.56. The minimum absolute atomic E-state index is 0.111. The van der Waals surface area contributed by atoms with Gasteiger partial charge in [-0.1, -0.05) is 43.5 Å². The van der Waals surface area contributed by atoms with Crippen LogP contribution in [0.2, 0.25) is 0 Å². The Bertz CT molecular complexity index is 500. The number of carbonyl (C=O) groups is 1. The van der Waals surface area contributed by atoms with Crippen LogP contribution in [0.15, 0.2) is 24.3 Å². The zero-order valence-corrected chi connectivity index (χ0v) is 12.6. The number of aliphatic hydroxyl groups is 1. The second-order valence-electron chi connectivity index (χ2n) is 6.53. The second kappa shape index (κ2) is 6.29. The molecule has 1 saturated heterocycles. The highest BCUT2D eigenvalue weighted by molar-refractivity contribution is 5.99. The van der Waals surface area contributed by atoms with Gasteiger partial charge in [0.15, 0.2) is 5.78 Å². The lowest BCUT2D eigenvalue weighted by Crippen LogP contribution is -2.34. The van der Waals surface area contributed by atoms with Gasteiger partial charge in [0.25, 0.3) is 0 Å². The molecule has 21 heavy (non-hydrogen) atoms. The Morgan fingerprint density at radius 3 is 2.48 bits per heavy atom. The minimum atomic E-state index is -0.794. The van der Waals surface area contributed by atoms with E-state index in [1.165, 1.54) is 6.42 Å². The highest BCUT2D eigenvalue weighted by Gasteiger charge is 2.35. The molecule has 1 aliphatic carbocycles. The van der Waals surface area contributed by atoms with Crippen molar-refractivity contribution in [2.75, 3.05) is 13.1 Å². The molecule has 3 nitrogen and oxygen atoms in total. The molecule has 0 radical (unpaired) electrons. The number of hydrogen-bond acceptors (Lipinski definition) is 3. The van der Waals surface area contributed by atoms with E-state index < -0.39 is 5.60 Å². The third-order valence-corrected chi connectivity index (χ3v) is 5.08. The molecule has 2 N–H and O–H groups in total. The van der Waals surface area contributed by atoms with E-state index in [1.54, 1.807) is 0 Å². The van der Waals surface area contributed by atoms with Crippen molar-refractivity contribution in [3.05, 3.63) is 35.4 Å². The first-order valence-corrected chi connectivity index (χ1v) is 8.27. The fourth-order valence-corrected chi connectivity index (χ4v) is 3.81. The molecule has 3 rings (SSSR count). The van der Waals surface area contributed by atoms with E-state index in [0.717, 1.165) is 62.7 Å². The summed E-state index contributed by atoms with van der Waals surface area (Å²) < 4.78 is 0. The second-order valence-corrected chi connectivity index (χ2v) is 6.53. The Hall–Kier alpha value is -1.19. The summed E-state index contributed by atoms with van der Waals surface area (Å²) in [5.74, 6) is 0.339. The molecule has 1 aromatic rings. The highest BCUT2D eigenvalue weighted by Crippen LogP contribution is 2.39. The Balaban J connectivity index is 1.90. The van der Waals surface area contributed by atoms with Crippen LogP contribution >= 0.6 is 0 Å². The Labute approximate surface area is 126 Å². The van der Waals surface area contributed by atoms with Crippen molar-refractivity contribution in [2.45, 2.75) is 50.5 Å². The van der Waals surface area contributed by atoms with Gasteiger partial charge in [0.1, 0.15) is 0 Å². The first-order valence-electron chi connectivity index (χ1n) is 8.27. The maximum atomic E-state index is 12.9. The summed E-state index contributed by atoms with van der Waals surface area (Å²) in [5.41, 5.74) is 0.833. The van der Waals surface area contributed by atoms with Crippen molar-refractivity contribution in [3.63, 3.8) is 0 Å². The SMILES string of the molecule is O=C(c1ccccc1C1(O)CCCCC1)C1CCNCC1. The Kier molecular flexibility index (Phi) is 4.41. The van der Waals surface area contributed by atoms with Crippen LogP contribution in [0.5, 0.6) is 0 Å². The molecule has 0 atom stereocenters. The molecular weight excluding hydrogens is 262 g/mol. The van der Waals surface area contributed by atoms with Gasteiger partial charge >= 0.3 is 0 Å². The third-order valence-electron chi connectivity index (χ3n) is 5.08. The number of nitrogens with one attached hydrogen (secondary N) is 1. The molecule has 1 saturated carbocycles. The molecule has 114 valence electrons. The van der Waals surface area contributed by atoms with Crippen LogP contribution < -0.4 is 5.32 Å². The quantitative estimate of drug-likeness (QED) is 0.840. The Morgan fingerprint density at radius 2 is 1.76 bits per heavy atom. The van der Waals surface area contributed by atoms with Gasteiger partial charge < -0.3 is 10.4 Å². The number of piperidine rings is 1. The number of ketones is 1. The van der Waals surface area contributed by atoms with Crippen molar-refractivity contribution in [1.82, 2.24) is 5.32 Å². The van der Waals surface area contributed by atoms with Crippen LogP contribution in [0.25, 0.3) is 0 Å². The predicted molar refractivity (Wildman–Crippen MR) is 83.3 cm³/mol. The van der Waals surface area contributed by atoms with Crippen LogP contribution in [0.1, 0.15) is 60.9 Å². The monoisotopic (exact) mass is 287 g/mol. The molecule has 0 aromatic heterocycles. The average molecular weight is 287 g/mol. The summed E-state index contributed by atoms with van der Waals surface area (Å²) >= 11 is 0. The molecule has 1 aromatic carbocycles. The van der Waals surface area contributed by atoms with E-state index >= 15 is 0 Å². The largest absolute Gasteiger partial charge is 0.385 e. The van der Waals surface area contributed by atoms with Gasteiger partial charge in [0.05, 0.1) is 5.60 Å². The topological polar surface area (TPSA) is 49.3 Å². The lowest BCUT2D eigenvalue weighted by atomic mass is 9.76. The van der Waals surface area contributed by atoms with Crippen LogP contribution in [-0.4, -0.2) is 24.0 Å². The van der Waals surface area contributed by atoms with Gasteiger partial charge in [-0.25, -0.2) is 0 Å². The van der Waals surface area contributed by atoms with E-state index in [-0.39, 0.29) is 11.7 Å². The normalized spacial score (nSPS) is 22.9. The molecular formula is C18H25NO2. The zero-order valence-electron chi connectivity index (χ0n) is 12.6. The molecule has 2 aliphatic rings. The molecule has 1 heterocycles. The minimum Gasteiger partial charge on any atom is -0.385 e. The summed E-state index contributed by atoms with van der Waals surface area (Å²) in [6.45, 7) is 1.84. The van der Waals surface area contributed by atoms with Crippen LogP contribution in [0.3, 0.4) is 0 Å². The zero-order chi connectivity index (χ0) is 14.7. The van der Waals surface area contributed by atoms with Gasteiger partial charge in [-0.05, 0) is 44.3 Å². The van der Waals surface area contributed by atoms with Gasteiger partial charge in [-0.3, -0.25) is 4.79 Å². The van der Waals surface area contributed by atoms with Gasteiger partial charge in [0, 0.05) is 11.5 Å². The molecule has 0 spiro atoms. The maximum Gasteiger partial charge on any atom is 0.166 e. The van der Waals surface area contributed by atoms with E-state index in [2.05, 4.69) is 5.32 Å². The van der Waals surface area contributed by atoms with Crippen molar-refractivity contribution >= 4 is 5.78 Å². The summed E-state index contributed by atoms with van der Waals surface area (Å²) in [6, 6.07) is 7.73. The highest BCUT2D eigenvalue weighted by atomic mass is 16.3. The lowest BCUT2D eigenvalue weighted by Gasteiger charge is -2.34. The van der Waals surface area contributed by atoms with E-state index in [4.69, 9.17) is 0 Å². The van der Waals surface area contributed by atoms with Crippen molar-refractivity contribution in [1.29, 1.82) is 0 Å². The van der Waals surface area contributed by atoms with Crippen LogP contribution in [0, 0.1) is 5.92 Å². The number of hydrogen-bond donors (Lipinski definition) is 2. The fraction of sp³-hybridized carbons (Fsp3) is 0.611. The van der Waals surface area contributed by atoms with Crippen molar-refractivity contribution in [2.24, 2.45) is 5.92 Å². The van der Waals surface area contributed by atoms with Gasteiger partial charge in [0.2, 0.25) is 0 Å². The molecule has 2 fully saturated rings. The predicted octanol–water partition coefficient (Wildman–Crippen LogP) is 3.02. The molecule has 3 heteroatoms. The molecule has 1 aliphatic heterocycles. The fourth-order valence-electron chi connectivity index (χ4n) is 3.81. The number of benzene rings is 1. The van der Waals surface area contributed by atoms with E-state index in [0.29, 0.717) is 0 Å². The lowest BCUT2D eigenvalue weighted by molar-refractivity contribution is -0.00147. The number of rotatable bonds is 3. The van der Waals surface area contributed by atoms with Crippen molar-refractivity contribution in [3.8, 4) is 0 Å². The molecule has 0 bridgehead atoms. The molecule has 0 unspecified atom stereocenters. The molecule has 0 amide bonds. The van der Waals surface area contributed by atoms with Crippen LogP contribution in [-0.2, 0) is 5.60 Å². The Morgan fingerprint density at radius 1 is 1.10 bits per heavy atom. The number of carbonyl (C=O) groups excluding carboxylic acids is 1. The first-order chi connectivity index (χ1) is 10.2. The summed E-state index contributed by atoms with van der Waals surface area (Å²) in [6.07, 6.45) is 6.66. The standard InChI is InChI=1S/C18H25NO2/c20-17(14-8-12-19-13-9-14)15-6-2-3-7-16(15)18(21)10-4-1-5-11-18/h2-3,6-7,14,19,21H,1,4-5,8-13H2. The summed E-state index contributed by atoms with van der Waals surface area (Å²) in [7, 11) is 0. The summed E-state index contributed by atoms with van der Waals surface area (Å²) in [4.78, 5) is 12.9. The van der Waals surface area contributed by atoms with E-state index in [9.17, 15) is 9.90 Å². The first kappa shape index (κ1) is 14.7. The number of Topliss-reactive ketones (excluding diaryl/α,β-unsaturated/α-hetero) is 1. The smallest absolute Gasteiger partial charge is 0.166 e. The third kappa shape index (κ3) is 3.04.